The van der Waals surface area contributed by atoms with Crippen LogP contribution in [0.4, 0.5) is 0 Å². The van der Waals surface area contributed by atoms with Crippen LogP contribution in [0.3, 0.4) is 0 Å². The molecular formula is H5O4PSe. The fourth-order valence-electron chi connectivity index (χ4n) is 0. The fourth-order valence-corrected chi connectivity index (χ4v) is 0. The van der Waals surface area contributed by atoms with Gasteiger partial charge in [-0.15, -0.1) is 0 Å². The van der Waals surface area contributed by atoms with Crippen LogP contribution in [0.1, 0.15) is 0 Å². The number of hydrogen-bond donors (Lipinski definition) is 2. The van der Waals surface area contributed by atoms with E-state index >= 15 is 0 Å². The zero-order valence-electron chi connectivity index (χ0n) is 2.83. The third kappa shape index (κ3) is 244. The van der Waals surface area contributed by atoms with E-state index in [4.69, 9.17) is 16.0 Å². The largest absolute Gasteiger partial charge is 0.153 e. The smallest absolute Gasteiger partial charge is 0.153 e. The van der Waals surface area contributed by atoms with Gasteiger partial charge in [-0.25, -0.2) is 0 Å². The van der Waals surface area contributed by atoms with Gasteiger partial charge >= 0.3 is 29.4 Å². The van der Waals surface area contributed by atoms with Crippen molar-refractivity contribution in [1.29, 1.82) is 0 Å². The van der Waals surface area contributed by atoms with E-state index in [0.29, 0.717) is 0 Å². The summed E-state index contributed by atoms with van der Waals surface area (Å²) in [4.78, 5) is 0. The molecule has 0 rings (SSSR count). The normalized spacial score (nSPS) is 9.67. The summed E-state index contributed by atoms with van der Waals surface area (Å²) < 4.78 is 31.9. The van der Waals surface area contributed by atoms with Crippen LogP contribution in [0.15, 0.2) is 0 Å². The van der Waals surface area contributed by atoms with E-state index in [1.807, 2.05) is 0 Å². The molecular weight excluding hydrogens is 174 g/mol. The molecule has 0 aliphatic heterocycles. The first kappa shape index (κ1) is 9.69. The number of rotatable bonds is 0. The summed E-state index contributed by atoms with van der Waals surface area (Å²) in [6.45, 7) is 0. The Morgan fingerprint density at radius 1 is 1.17 bits per heavy atom. The second kappa shape index (κ2) is 2.61. The van der Waals surface area contributed by atoms with Crippen molar-refractivity contribution in [2.45, 2.75) is 0 Å². The summed E-state index contributed by atoms with van der Waals surface area (Å²) in [7, 11) is 0. The van der Waals surface area contributed by atoms with Crippen LogP contribution in [0.2, 0.25) is 0 Å². The van der Waals surface area contributed by atoms with Gasteiger partial charge in [0.05, 0.1) is 0 Å². The molecule has 0 aliphatic rings. The molecule has 6 heteroatoms. The minimum absolute atomic E-state index is 0. The Balaban J connectivity index is 0. The van der Waals surface area contributed by atoms with Crippen molar-refractivity contribution >= 4 is 23.3 Å². The molecule has 0 aromatic rings. The molecule has 0 bridgehead atoms. The molecule has 0 fully saturated rings. The molecule has 1 atom stereocenters. The van der Waals surface area contributed by atoms with Gasteiger partial charge in [0.1, 0.15) is 0 Å². The average Bonchev–Trinajstić information content (AvgIpc) is 0.722. The average molecular weight is 179 g/mol. The first-order valence-electron chi connectivity index (χ1n) is 0.698. The monoisotopic (exact) mass is 180 g/mol. The van der Waals surface area contributed by atoms with E-state index < -0.39 is 13.4 Å². The van der Waals surface area contributed by atoms with E-state index in [2.05, 4.69) is 0 Å². The maximum Gasteiger partial charge on any atom is -0.153 e. The molecule has 2 N–H and O–H groups in total. The summed E-state index contributed by atoms with van der Waals surface area (Å²) >= 11 is -5.25. The predicted octanol–water partition coefficient (Wildman–Crippen LogP) is -1.67. The van der Waals surface area contributed by atoms with Crippen molar-refractivity contribution in [2.24, 2.45) is 0 Å². The van der Waals surface area contributed by atoms with Crippen molar-refractivity contribution in [1.82, 2.24) is 0 Å². The Kier molecular flexibility index (Phi) is 4.22. The van der Waals surface area contributed by atoms with Gasteiger partial charge in [-0.2, -0.15) is 9.90 Å². The molecule has 0 saturated carbocycles. The molecule has 40 valence electrons. The summed E-state index contributed by atoms with van der Waals surface area (Å²) in [5, 5.41) is 0. The van der Waals surface area contributed by atoms with E-state index in [1.165, 1.54) is 0 Å². The standard InChI is InChI=1S/H2O4Se.H3P/c1-5(2,3)4;/h(H2,1,2,3,4);1H3. The second-order valence-corrected chi connectivity index (χ2v) is 2.33. The molecule has 0 aromatic heterocycles. The van der Waals surface area contributed by atoms with Gasteiger partial charge in [0.15, 0.2) is 0 Å². The van der Waals surface area contributed by atoms with E-state index in [9.17, 15) is 0 Å². The third-order valence-corrected chi connectivity index (χ3v) is 0. The van der Waals surface area contributed by atoms with Gasteiger partial charge in [-0.1, -0.05) is 0 Å². The predicted molar refractivity (Wildman–Crippen MR) is 22.7 cm³/mol. The third-order valence-electron chi connectivity index (χ3n) is 0. The Hall–Kier alpha value is 0.469. The van der Waals surface area contributed by atoms with Crippen LogP contribution >= 0.6 is 9.90 Å². The van der Waals surface area contributed by atoms with Crippen LogP contribution in [0, 0.1) is 0 Å². The maximum atomic E-state index is 8.82. The molecule has 0 amide bonds. The molecule has 4 nitrogen and oxygen atoms in total. The Morgan fingerprint density at radius 2 is 1.17 bits per heavy atom. The molecule has 0 radical (unpaired) electrons. The minimum atomic E-state index is -5.25. The van der Waals surface area contributed by atoms with Crippen LogP contribution in [-0.2, 0) is 7.67 Å². The molecule has 6 heavy (non-hydrogen) atoms. The van der Waals surface area contributed by atoms with Crippen molar-refractivity contribution < 1.29 is 16.0 Å². The van der Waals surface area contributed by atoms with Crippen LogP contribution in [0.25, 0.3) is 0 Å². The van der Waals surface area contributed by atoms with E-state index in [0.717, 1.165) is 0 Å². The minimum Gasteiger partial charge on any atom is -0.153 e. The zero-order valence-corrected chi connectivity index (χ0v) is 5.95. The van der Waals surface area contributed by atoms with Crippen molar-refractivity contribution in [3.63, 3.8) is 0 Å². The van der Waals surface area contributed by atoms with Gasteiger partial charge in [-0.05, 0) is 0 Å². The first-order chi connectivity index (χ1) is 2.00. The molecule has 0 heterocycles. The van der Waals surface area contributed by atoms with Crippen LogP contribution in [0.5, 0.6) is 0 Å². The molecule has 1 unspecified atom stereocenters. The van der Waals surface area contributed by atoms with Gasteiger partial charge in [-0.3, -0.25) is 0 Å². The Morgan fingerprint density at radius 3 is 1.17 bits per heavy atom. The van der Waals surface area contributed by atoms with Crippen molar-refractivity contribution in [2.75, 3.05) is 0 Å². The molecule has 0 aromatic carbocycles. The second-order valence-electron chi connectivity index (χ2n) is 0.448. The quantitative estimate of drug-likeness (QED) is 0.344. The summed E-state index contributed by atoms with van der Waals surface area (Å²) in [5.41, 5.74) is 0. The fraction of sp³-hybridized carbons (Fsp3) is 0. The van der Waals surface area contributed by atoms with Crippen molar-refractivity contribution in [3.8, 4) is 0 Å². The van der Waals surface area contributed by atoms with Gasteiger partial charge in [0.25, 0.3) is 0 Å². The summed E-state index contributed by atoms with van der Waals surface area (Å²) in [5.74, 6) is 0. The van der Waals surface area contributed by atoms with Crippen LogP contribution < -0.4 is 0 Å². The van der Waals surface area contributed by atoms with E-state index in [1.54, 1.807) is 0 Å². The Labute approximate surface area is 40.1 Å². The van der Waals surface area contributed by atoms with Gasteiger partial charge < -0.3 is 0 Å². The maximum absolute atomic E-state index is 8.82. The zero-order chi connectivity index (χ0) is 4.50. The summed E-state index contributed by atoms with van der Waals surface area (Å²) in [6.07, 6.45) is 0. The SMILES string of the molecule is O=[Se](=O)(O)O.P. The molecule has 0 saturated heterocycles. The number of hydrogen-bond acceptors (Lipinski definition) is 2. The van der Waals surface area contributed by atoms with Crippen molar-refractivity contribution in [3.05, 3.63) is 0 Å². The topological polar surface area (TPSA) is 74.6 Å². The Bertz CT molecular complexity index is 90.7. The molecule has 0 spiro atoms. The van der Waals surface area contributed by atoms with Crippen LogP contribution in [-0.4, -0.2) is 21.7 Å². The summed E-state index contributed by atoms with van der Waals surface area (Å²) in [6, 6.07) is 0. The molecule has 0 aliphatic carbocycles. The van der Waals surface area contributed by atoms with Gasteiger partial charge in [0, 0.05) is 0 Å². The first-order valence-corrected chi connectivity index (χ1v) is 3.63. The van der Waals surface area contributed by atoms with Gasteiger partial charge in [0.2, 0.25) is 0 Å². The van der Waals surface area contributed by atoms with E-state index in [-0.39, 0.29) is 9.90 Å².